The van der Waals surface area contributed by atoms with E-state index in [9.17, 15) is 9.59 Å². The molecule has 1 spiro atoms. The average molecular weight is 286 g/mol. The second-order valence-electron chi connectivity index (χ2n) is 8.13. The van der Waals surface area contributed by atoms with E-state index in [1.54, 1.807) is 6.08 Å². The largest absolute Gasteiger partial charge is 0.357 e. The number of Topliss-reactive ketones (excluding diaryl/α,β-unsaturated/α-hetero) is 1. The summed E-state index contributed by atoms with van der Waals surface area (Å²) in [6.45, 7) is 2.21. The van der Waals surface area contributed by atoms with Gasteiger partial charge in [-0.25, -0.2) is 0 Å². The Morgan fingerprint density at radius 1 is 1.14 bits per heavy atom. The number of hydrogen-bond acceptors (Lipinski definition) is 3. The lowest BCUT2D eigenvalue weighted by atomic mass is 9.51. The summed E-state index contributed by atoms with van der Waals surface area (Å²) in [5.74, 6) is 2.94. The molecule has 1 saturated heterocycles. The van der Waals surface area contributed by atoms with E-state index < -0.39 is 0 Å². The third kappa shape index (κ3) is 1.35. The van der Waals surface area contributed by atoms with Gasteiger partial charge in [0.1, 0.15) is 11.4 Å². The second kappa shape index (κ2) is 3.68. The lowest BCUT2D eigenvalue weighted by Crippen LogP contribution is -2.51. The average Bonchev–Trinajstić information content (AvgIpc) is 3.13. The van der Waals surface area contributed by atoms with Crippen LogP contribution in [-0.2, 0) is 14.3 Å². The van der Waals surface area contributed by atoms with E-state index in [1.165, 1.54) is 0 Å². The number of carbonyl (C=O) groups excluding carboxylic acids is 2. The van der Waals surface area contributed by atoms with Crippen molar-refractivity contribution in [2.75, 3.05) is 0 Å². The maximum atomic E-state index is 12.3. The van der Waals surface area contributed by atoms with Gasteiger partial charge >= 0.3 is 0 Å². The fraction of sp³-hybridized carbons (Fsp3) is 0.778. The smallest absolute Gasteiger partial charge is 0.187 e. The SMILES string of the molecule is C[C@]12CC[C@H]3[C@@H](CC[C@]45O[C@H]4C(=O)C=C[C@H]35)[C@@H]1CCC2=O. The third-order valence-electron chi connectivity index (χ3n) is 7.55. The molecule has 3 heteroatoms. The predicted octanol–water partition coefficient (Wildman–Crippen LogP) is 2.68. The van der Waals surface area contributed by atoms with Crippen molar-refractivity contribution in [1.82, 2.24) is 0 Å². The molecule has 0 aromatic rings. The van der Waals surface area contributed by atoms with Crippen molar-refractivity contribution in [1.29, 1.82) is 0 Å². The molecule has 0 N–H and O–H groups in total. The van der Waals surface area contributed by atoms with Gasteiger partial charge in [0.05, 0.1) is 0 Å². The Bertz CT molecular complexity index is 579. The summed E-state index contributed by atoms with van der Waals surface area (Å²) in [6, 6.07) is 0. The van der Waals surface area contributed by atoms with Crippen LogP contribution in [0.1, 0.15) is 45.4 Å². The van der Waals surface area contributed by atoms with Gasteiger partial charge in [-0.2, -0.15) is 0 Å². The van der Waals surface area contributed by atoms with Crippen LogP contribution in [0.15, 0.2) is 12.2 Å². The van der Waals surface area contributed by atoms with Crippen LogP contribution < -0.4 is 0 Å². The fourth-order valence-corrected chi connectivity index (χ4v) is 6.39. The van der Waals surface area contributed by atoms with Crippen molar-refractivity contribution in [3.05, 3.63) is 12.2 Å². The zero-order valence-electron chi connectivity index (χ0n) is 12.5. The van der Waals surface area contributed by atoms with Crippen LogP contribution in [0.25, 0.3) is 0 Å². The first-order valence-electron chi connectivity index (χ1n) is 8.49. The molecule has 5 rings (SSSR count). The summed E-state index contributed by atoms with van der Waals surface area (Å²) in [7, 11) is 0. The van der Waals surface area contributed by atoms with Gasteiger partial charge in [-0.1, -0.05) is 13.0 Å². The van der Waals surface area contributed by atoms with E-state index >= 15 is 0 Å². The molecular weight excluding hydrogens is 264 g/mol. The second-order valence-corrected chi connectivity index (χ2v) is 8.13. The summed E-state index contributed by atoms with van der Waals surface area (Å²) in [6.07, 6.45) is 9.95. The maximum absolute atomic E-state index is 12.3. The Balaban J connectivity index is 1.51. The van der Waals surface area contributed by atoms with Crippen LogP contribution in [0, 0.1) is 29.1 Å². The summed E-state index contributed by atoms with van der Waals surface area (Å²) in [5.41, 5.74) is -0.201. The monoisotopic (exact) mass is 286 g/mol. The van der Waals surface area contributed by atoms with Crippen molar-refractivity contribution < 1.29 is 14.3 Å². The molecule has 0 amide bonds. The van der Waals surface area contributed by atoms with Crippen molar-refractivity contribution in [2.24, 2.45) is 29.1 Å². The number of rotatable bonds is 0. The number of ketones is 2. The third-order valence-corrected chi connectivity index (χ3v) is 7.55. The molecule has 1 heterocycles. The summed E-state index contributed by atoms with van der Waals surface area (Å²) >= 11 is 0. The minimum Gasteiger partial charge on any atom is -0.357 e. The predicted molar refractivity (Wildman–Crippen MR) is 76.5 cm³/mol. The van der Waals surface area contributed by atoms with Gasteiger partial charge in [0.15, 0.2) is 11.9 Å². The lowest BCUT2D eigenvalue weighted by molar-refractivity contribution is -0.131. The van der Waals surface area contributed by atoms with Crippen molar-refractivity contribution in [2.45, 2.75) is 57.2 Å². The minimum absolute atomic E-state index is 0.0519. The normalized spacial score (nSPS) is 57.3. The number of hydrogen-bond donors (Lipinski definition) is 0. The first kappa shape index (κ1) is 12.6. The zero-order chi connectivity index (χ0) is 14.4. The quantitative estimate of drug-likeness (QED) is 0.643. The van der Waals surface area contributed by atoms with Gasteiger partial charge in [-0.15, -0.1) is 0 Å². The molecule has 7 atom stereocenters. The summed E-state index contributed by atoms with van der Waals surface area (Å²) < 4.78 is 5.91. The van der Waals surface area contributed by atoms with Crippen LogP contribution in [0.4, 0.5) is 0 Å². The molecule has 21 heavy (non-hydrogen) atoms. The summed E-state index contributed by atoms with van der Waals surface area (Å²) in [5, 5.41) is 0. The molecule has 0 bridgehead atoms. The molecule has 0 aromatic carbocycles. The van der Waals surface area contributed by atoms with Crippen molar-refractivity contribution >= 4 is 11.6 Å². The van der Waals surface area contributed by atoms with E-state index in [0.29, 0.717) is 29.5 Å². The van der Waals surface area contributed by atoms with E-state index in [2.05, 4.69) is 13.0 Å². The molecule has 5 aliphatic rings. The number of ether oxygens (including phenoxy) is 1. The molecular formula is C18H22O3. The highest BCUT2D eigenvalue weighted by molar-refractivity contribution is 5.98. The molecule has 1 aliphatic heterocycles. The van der Waals surface area contributed by atoms with Crippen molar-refractivity contribution in [3.8, 4) is 0 Å². The van der Waals surface area contributed by atoms with Gasteiger partial charge in [0.25, 0.3) is 0 Å². The first-order chi connectivity index (χ1) is 10.1. The Morgan fingerprint density at radius 3 is 2.81 bits per heavy atom. The van der Waals surface area contributed by atoms with E-state index in [1.807, 2.05) is 0 Å². The topological polar surface area (TPSA) is 46.7 Å². The molecule has 3 saturated carbocycles. The molecule has 112 valence electrons. The van der Waals surface area contributed by atoms with Gasteiger partial charge in [0, 0.05) is 17.8 Å². The van der Waals surface area contributed by atoms with Crippen LogP contribution in [0.3, 0.4) is 0 Å². The van der Waals surface area contributed by atoms with Crippen LogP contribution in [0.5, 0.6) is 0 Å². The van der Waals surface area contributed by atoms with Gasteiger partial charge in [0.2, 0.25) is 0 Å². The van der Waals surface area contributed by atoms with Crippen molar-refractivity contribution in [3.63, 3.8) is 0 Å². The van der Waals surface area contributed by atoms with Gasteiger partial charge in [-0.05, 0) is 55.9 Å². The van der Waals surface area contributed by atoms with E-state index in [4.69, 9.17) is 4.74 Å². The Morgan fingerprint density at radius 2 is 1.95 bits per heavy atom. The minimum atomic E-state index is -0.149. The molecule has 0 radical (unpaired) electrons. The highest BCUT2D eigenvalue weighted by Crippen LogP contribution is 2.65. The molecule has 0 aromatic heterocycles. The van der Waals surface area contributed by atoms with Gasteiger partial charge in [-0.3, -0.25) is 9.59 Å². The number of epoxide rings is 1. The van der Waals surface area contributed by atoms with Crippen LogP contribution in [-0.4, -0.2) is 23.3 Å². The Hall–Kier alpha value is -0.960. The number of fused-ring (bicyclic) bond motifs is 4. The zero-order valence-corrected chi connectivity index (χ0v) is 12.5. The molecule has 4 aliphatic carbocycles. The highest BCUT2D eigenvalue weighted by atomic mass is 16.6. The molecule has 4 fully saturated rings. The maximum Gasteiger partial charge on any atom is 0.187 e. The highest BCUT2D eigenvalue weighted by Gasteiger charge is 2.70. The number of carbonyl (C=O) groups is 2. The molecule has 3 nitrogen and oxygen atoms in total. The van der Waals surface area contributed by atoms with Crippen LogP contribution >= 0.6 is 0 Å². The fourth-order valence-electron chi connectivity index (χ4n) is 6.39. The Kier molecular flexibility index (Phi) is 2.20. The van der Waals surface area contributed by atoms with Crippen LogP contribution in [0.2, 0.25) is 0 Å². The summed E-state index contributed by atoms with van der Waals surface area (Å²) in [4.78, 5) is 24.2. The molecule has 0 unspecified atom stereocenters. The Labute approximate surface area is 125 Å². The standard InChI is InChI=1S/C18H22O3/c1-17-8-6-11-10(12(17)3-5-15(17)20)7-9-18-13(11)2-4-14(19)16(18)21-18/h2,4,10-13,16H,3,5-9H2,1H3/t10-,11+,12+,13-,16+,17+,18-/m1/s1. The van der Waals surface area contributed by atoms with E-state index in [0.717, 1.165) is 38.5 Å². The van der Waals surface area contributed by atoms with E-state index in [-0.39, 0.29) is 22.9 Å². The lowest BCUT2D eigenvalue weighted by Gasteiger charge is -2.52. The van der Waals surface area contributed by atoms with Gasteiger partial charge < -0.3 is 4.74 Å². The first-order valence-corrected chi connectivity index (χ1v) is 8.49.